The van der Waals surface area contributed by atoms with Crippen LogP contribution in [0.5, 0.6) is 0 Å². The van der Waals surface area contributed by atoms with Gasteiger partial charge in [-0.05, 0) is 82.8 Å². The second-order valence-corrected chi connectivity index (χ2v) is 10.3. The van der Waals surface area contributed by atoms with Crippen molar-refractivity contribution in [2.24, 2.45) is 4.99 Å². The third-order valence-electron chi connectivity index (χ3n) is 6.41. The largest absolute Gasteiger partial charge is 0.444 e. The van der Waals surface area contributed by atoms with E-state index in [-0.39, 0.29) is 6.09 Å². The summed E-state index contributed by atoms with van der Waals surface area (Å²) in [6.45, 7) is 17.9. The standard InChI is InChI=1S/C28H43N5O2/c1-7-21(3)26(31-25-19-29-14-13-23(25)8-2)30-24-11-9-22(10-12-24)20-32-15-17-33(18-16-32)27(34)35-28(4,5)6/h8-12,29-30H,7,13-20H2,1-6H3/b23-8-,26-21?,31-25-. The number of allylic oxidation sites excluding steroid dienone is 2. The predicted molar refractivity (Wildman–Crippen MR) is 145 cm³/mol. The Hall–Kier alpha value is -2.64. The molecule has 7 heteroatoms. The Kier molecular flexibility index (Phi) is 9.52. The highest BCUT2D eigenvalue weighted by Crippen LogP contribution is 2.20. The molecule has 2 aliphatic rings. The molecule has 7 nitrogen and oxygen atoms in total. The molecule has 0 radical (unpaired) electrons. The van der Waals surface area contributed by atoms with Crippen LogP contribution in [0.25, 0.3) is 0 Å². The van der Waals surface area contributed by atoms with E-state index in [1.165, 1.54) is 16.7 Å². The van der Waals surface area contributed by atoms with Crippen LogP contribution < -0.4 is 10.6 Å². The topological polar surface area (TPSA) is 69.2 Å². The minimum Gasteiger partial charge on any atom is -0.444 e. The van der Waals surface area contributed by atoms with Crippen LogP contribution in [0.4, 0.5) is 10.5 Å². The SMILES string of the molecule is C/C=C1/CCNC/C1=N/C(Nc1ccc(CN2CCN(C(=O)OC(C)(C)C)CC2)cc1)=C(C)CC. The summed E-state index contributed by atoms with van der Waals surface area (Å²) < 4.78 is 5.50. The number of ether oxygens (including phenoxy) is 1. The third-order valence-corrected chi connectivity index (χ3v) is 6.41. The molecule has 1 amide bonds. The minimum absolute atomic E-state index is 0.215. The molecule has 2 heterocycles. The highest BCUT2D eigenvalue weighted by atomic mass is 16.6. The molecule has 192 valence electrons. The van der Waals surface area contributed by atoms with Gasteiger partial charge < -0.3 is 20.3 Å². The van der Waals surface area contributed by atoms with E-state index in [1.807, 2.05) is 20.8 Å². The Labute approximate surface area is 211 Å². The smallest absolute Gasteiger partial charge is 0.410 e. The summed E-state index contributed by atoms with van der Waals surface area (Å²) in [7, 11) is 0. The zero-order valence-corrected chi connectivity index (χ0v) is 22.4. The summed E-state index contributed by atoms with van der Waals surface area (Å²) in [6.07, 6.45) is 3.94. The number of hydrogen-bond acceptors (Lipinski definition) is 6. The average molecular weight is 482 g/mol. The normalized spacial score (nSPS) is 20.7. The molecule has 1 aromatic carbocycles. The van der Waals surface area contributed by atoms with Gasteiger partial charge in [-0.25, -0.2) is 9.79 Å². The van der Waals surface area contributed by atoms with Gasteiger partial charge >= 0.3 is 6.09 Å². The van der Waals surface area contributed by atoms with Crippen molar-refractivity contribution in [3.8, 4) is 0 Å². The maximum atomic E-state index is 12.3. The molecule has 0 bridgehead atoms. The van der Waals surface area contributed by atoms with E-state index in [2.05, 4.69) is 66.6 Å². The first kappa shape index (κ1) is 27.0. The fraction of sp³-hybridized carbons (Fsp3) is 0.571. The lowest BCUT2D eigenvalue weighted by Crippen LogP contribution is -2.49. The van der Waals surface area contributed by atoms with Crippen molar-refractivity contribution >= 4 is 17.5 Å². The van der Waals surface area contributed by atoms with Gasteiger partial charge in [0.15, 0.2) is 0 Å². The maximum absolute atomic E-state index is 12.3. The molecule has 2 N–H and O–H groups in total. The summed E-state index contributed by atoms with van der Waals surface area (Å²) in [5.74, 6) is 0.941. The molecule has 2 aliphatic heterocycles. The average Bonchev–Trinajstić information content (AvgIpc) is 2.84. The van der Waals surface area contributed by atoms with Gasteiger partial charge in [-0.15, -0.1) is 0 Å². The number of hydrogen-bond donors (Lipinski definition) is 2. The number of benzene rings is 1. The van der Waals surface area contributed by atoms with E-state index in [9.17, 15) is 4.79 Å². The molecule has 0 spiro atoms. The first-order chi connectivity index (χ1) is 16.7. The van der Waals surface area contributed by atoms with Gasteiger partial charge in [-0.2, -0.15) is 0 Å². The number of carbonyl (C=O) groups is 1. The second-order valence-electron chi connectivity index (χ2n) is 10.3. The van der Waals surface area contributed by atoms with Crippen molar-refractivity contribution in [2.45, 2.75) is 66.5 Å². The number of piperazine rings is 1. The summed E-state index contributed by atoms with van der Waals surface area (Å²) >= 11 is 0. The third kappa shape index (κ3) is 8.22. The molecule has 0 atom stereocenters. The fourth-order valence-electron chi connectivity index (χ4n) is 4.15. The summed E-state index contributed by atoms with van der Waals surface area (Å²) in [4.78, 5) is 21.5. The van der Waals surface area contributed by atoms with Crippen LogP contribution in [0.2, 0.25) is 0 Å². The molecule has 1 aromatic rings. The van der Waals surface area contributed by atoms with Crippen LogP contribution in [-0.2, 0) is 11.3 Å². The zero-order valence-electron chi connectivity index (χ0n) is 22.4. The lowest BCUT2D eigenvalue weighted by molar-refractivity contribution is 0.0139. The van der Waals surface area contributed by atoms with Crippen molar-refractivity contribution < 1.29 is 9.53 Å². The summed E-state index contributed by atoms with van der Waals surface area (Å²) in [5, 5.41) is 6.99. The van der Waals surface area contributed by atoms with E-state index >= 15 is 0 Å². The van der Waals surface area contributed by atoms with E-state index < -0.39 is 5.60 Å². The molecule has 0 aliphatic carbocycles. The lowest BCUT2D eigenvalue weighted by atomic mass is 10.0. The first-order valence-electron chi connectivity index (χ1n) is 12.9. The molecule has 35 heavy (non-hydrogen) atoms. The van der Waals surface area contributed by atoms with Gasteiger partial charge in [0, 0.05) is 45.0 Å². The molecule has 2 fully saturated rings. The Bertz CT molecular complexity index is 949. The number of anilines is 1. The zero-order chi connectivity index (χ0) is 25.4. The maximum Gasteiger partial charge on any atom is 0.410 e. The monoisotopic (exact) mass is 481 g/mol. The van der Waals surface area contributed by atoms with Gasteiger partial charge in [0.25, 0.3) is 0 Å². The Morgan fingerprint density at radius 1 is 1.17 bits per heavy atom. The van der Waals surface area contributed by atoms with Crippen LogP contribution >= 0.6 is 0 Å². The van der Waals surface area contributed by atoms with Crippen molar-refractivity contribution in [3.63, 3.8) is 0 Å². The lowest BCUT2D eigenvalue weighted by Gasteiger charge is -2.35. The van der Waals surface area contributed by atoms with Gasteiger partial charge in [0.05, 0.1) is 5.71 Å². The van der Waals surface area contributed by atoms with Crippen LogP contribution in [0.3, 0.4) is 0 Å². The first-order valence-corrected chi connectivity index (χ1v) is 12.9. The predicted octanol–water partition coefficient (Wildman–Crippen LogP) is 5.17. The molecule has 2 saturated heterocycles. The van der Waals surface area contributed by atoms with Crippen LogP contribution in [0.1, 0.15) is 59.9 Å². The quantitative estimate of drug-likeness (QED) is 0.586. The molecular formula is C28H43N5O2. The van der Waals surface area contributed by atoms with Crippen LogP contribution in [-0.4, -0.2) is 66.5 Å². The van der Waals surface area contributed by atoms with Crippen molar-refractivity contribution in [1.29, 1.82) is 0 Å². The van der Waals surface area contributed by atoms with Gasteiger partial charge in [-0.3, -0.25) is 4.90 Å². The fourth-order valence-corrected chi connectivity index (χ4v) is 4.15. The number of rotatable bonds is 6. The van der Waals surface area contributed by atoms with Gasteiger partial charge in [0.1, 0.15) is 11.4 Å². The number of carbonyl (C=O) groups excluding carboxylic acids is 1. The number of nitrogens with one attached hydrogen (secondary N) is 2. The van der Waals surface area contributed by atoms with E-state index in [4.69, 9.17) is 9.73 Å². The number of nitrogens with zero attached hydrogens (tertiary/aromatic N) is 3. The number of aliphatic imine (C=N–C) groups is 1. The Morgan fingerprint density at radius 2 is 1.86 bits per heavy atom. The highest BCUT2D eigenvalue weighted by Gasteiger charge is 2.25. The van der Waals surface area contributed by atoms with E-state index in [0.717, 1.165) is 62.8 Å². The van der Waals surface area contributed by atoms with E-state index in [0.29, 0.717) is 13.1 Å². The molecule has 3 rings (SSSR count). The number of piperidine rings is 1. The van der Waals surface area contributed by atoms with Crippen molar-refractivity contribution in [2.75, 3.05) is 44.6 Å². The molecule has 0 unspecified atom stereocenters. The van der Waals surface area contributed by atoms with Crippen molar-refractivity contribution in [3.05, 3.63) is 52.9 Å². The van der Waals surface area contributed by atoms with Crippen LogP contribution in [0, 0.1) is 0 Å². The van der Waals surface area contributed by atoms with Crippen LogP contribution in [0.15, 0.2) is 52.3 Å². The minimum atomic E-state index is -0.455. The summed E-state index contributed by atoms with van der Waals surface area (Å²) in [6, 6.07) is 8.61. The van der Waals surface area contributed by atoms with Crippen molar-refractivity contribution in [1.82, 2.24) is 15.1 Å². The number of amides is 1. The van der Waals surface area contributed by atoms with Gasteiger partial charge in [0.2, 0.25) is 0 Å². The van der Waals surface area contributed by atoms with E-state index in [1.54, 1.807) is 4.90 Å². The highest BCUT2D eigenvalue weighted by molar-refractivity contribution is 6.03. The summed E-state index contributed by atoms with van der Waals surface area (Å²) in [5.41, 5.74) is 5.54. The Morgan fingerprint density at radius 3 is 2.46 bits per heavy atom. The van der Waals surface area contributed by atoms with Gasteiger partial charge in [-0.1, -0.05) is 25.1 Å². The molecule has 0 saturated carbocycles. The Balaban J connectivity index is 1.58. The molecule has 0 aromatic heterocycles. The second kappa shape index (κ2) is 12.4. The molecular weight excluding hydrogens is 438 g/mol.